The molecule has 0 heterocycles. The minimum absolute atomic E-state index is 0.130. The molecule has 0 aliphatic rings. The summed E-state index contributed by atoms with van der Waals surface area (Å²) in [5.74, 6) is -0.970. The van der Waals surface area contributed by atoms with Crippen LogP contribution in [0.5, 0.6) is 5.75 Å². The first-order valence-corrected chi connectivity index (χ1v) is 4.48. The Morgan fingerprint density at radius 2 is 2.20 bits per heavy atom. The first-order valence-electron chi connectivity index (χ1n) is 4.48. The van der Waals surface area contributed by atoms with Gasteiger partial charge in [0.2, 0.25) is 0 Å². The number of phenols is 1. The normalized spacial score (nSPS) is 12.3. The third-order valence-electron chi connectivity index (χ3n) is 1.94. The van der Waals surface area contributed by atoms with E-state index in [1.54, 1.807) is 12.1 Å². The molecular weight excluding hydrogens is 198 g/mol. The Bertz CT molecular complexity index is 340. The molecule has 0 spiro atoms. The Balaban J connectivity index is 2.52. The zero-order valence-electron chi connectivity index (χ0n) is 8.05. The van der Waals surface area contributed by atoms with Crippen molar-refractivity contribution >= 4 is 5.97 Å². The largest absolute Gasteiger partial charge is 0.508 e. The summed E-state index contributed by atoms with van der Waals surface area (Å²) in [6.07, 6.45) is 0. The second kappa shape index (κ2) is 5.33. The number of carboxylic acid groups (broad SMARTS) is 1. The highest BCUT2D eigenvalue weighted by molar-refractivity contribution is 5.73. The van der Waals surface area contributed by atoms with Crippen molar-refractivity contribution in [2.24, 2.45) is 0 Å². The minimum Gasteiger partial charge on any atom is -0.508 e. The molecule has 82 valence electrons. The molecule has 0 bridgehead atoms. The molecule has 0 fully saturated rings. The van der Waals surface area contributed by atoms with E-state index in [2.05, 4.69) is 5.32 Å². The first kappa shape index (κ1) is 11.5. The molecule has 0 aliphatic heterocycles. The van der Waals surface area contributed by atoms with Gasteiger partial charge in [0.1, 0.15) is 11.8 Å². The molecule has 0 radical (unpaired) electrons. The number of carbonyl (C=O) groups is 1. The van der Waals surface area contributed by atoms with E-state index in [4.69, 9.17) is 15.3 Å². The van der Waals surface area contributed by atoms with Gasteiger partial charge in [0.25, 0.3) is 0 Å². The summed E-state index contributed by atoms with van der Waals surface area (Å²) in [6, 6.07) is 5.50. The van der Waals surface area contributed by atoms with Crippen LogP contribution in [0.2, 0.25) is 0 Å². The second-order valence-corrected chi connectivity index (χ2v) is 3.12. The number of aliphatic hydroxyl groups excluding tert-OH is 1. The van der Waals surface area contributed by atoms with Crippen molar-refractivity contribution in [2.45, 2.75) is 12.6 Å². The Morgan fingerprint density at radius 3 is 2.73 bits per heavy atom. The van der Waals surface area contributed by atoms with Gasteiger partial charge in [-0.25, -0.2) is 0 Å². The number of aromatic hydroxyl groups is 1. The predicted octanol–water partition coefficient (Wildman–Crippen LogP) is -0.0727. The second-order valence-electron chi connectivity index (χ2n) is 3.12. The Hall–Kier alpha value is -1.59. The number of aliphatic carboxylic acids is 1. The average molecular weight is 211 g/mol. The van der Waals surface area contributed by atoms with Gasteiger partial charge in [-0.2, -0.15) is 0 Å². The van der Waals surface area contributed by atoms with Gasteiger partial charge in [-0.05, 0) is 17.7 Å². The van der Waals surface area contributed by atoms with Gasteiger partial charge in [0.15, 0.2) is 0 Å². The standard InChI is InChI=1S/C10H13NO4/c12-6-9(10(14)15)11-5-7-2-1-3-8(13)4-7/h1-4,9,11-13H,5-6H2,(H,14,15). The predicted molar refractivity (Wildman–Crippen MR) is 53.5 cm³/mol. The molecule has 1 atom stereocenters. The Labute approximate surface area is 87.0 Å². The van der Waals surface area contributed by atoms with Gasteiger partial charge < -0.3 is 15.3 Å². The number of hydrogen-bond donors (Lipinski definition) is 4. The lowest BCUT2D eigenvalue weighted by Gasteiger charge is -2.11. The maximum Gasteiger partial charge on any atom is 0.323 e. The number of nitrogens with one attached hydrogen (secondary N) is 1. The summed E-state index contributed by atoms with van der Waals surface area (Å²) in [6.45, 7) is -0.180. The summed E-state index contributed by atoms with van der Waals surface area (Å²) in [7, 11) is 0. The van der Waals surface area contributed by atoms with Gasteiger partial charge >= 0.3 is 5.97 Å². The number of hydrogen-bond acceptors (Lipinski definition) is 4. The highest BCUT2D eigenvalue weighted by atomic mass is 16.4. The third kappa shape index (κ3) is 3.57. The average Bonchev–Trinajstić information content (AvgIpc) is 2.18. The van der Waals surface area contributed by atoms with Crippen molar-refractivity contribution in [2.75, 3.05) is 6.61 Å². The molecule has 0 aliphatic carbocycles. The number of carboxylic acids is 1. The highest BCUT2D eigenvalue weighted by Gasteiger charge is 2.14. The van der Waals surface area contributed by atoms with E-state index in [9.17, 15) is 4.79 Å². The zero-order valence-corrected chi connectivity index (χ0v) is 8.05. The van der Waals surface area contributed by atoms with E-state index in [0.717, 1.165) is 5.56 Å². The van der Waals surface area contributed by atoms with Gasteiger partial charge in [-0.15, -0.1) is 0 Å². The first-order chi connectivity index (χ1) is 7.13. The van der Waals surface area contributed by atoms with Gasteiger partial charge in [-0.1, -0.05) is 12.1 Å². The van der Waals surface area contributed by atoms with Crippen molar-refractivity contribution in [1.82, 2.24) is 5.32 Å². The number of aliphatic hydroxyl groups is 1. The molecule has 1 aromatic rings. The topological polar surface area (TPSA) is 89.8 Å². The number of benzene rings is 1. The molecule has 1 aromatic carbocycles. The molecule has 1 unspecified atom stereocenters. The van der Waals surface area contributed by atoms with Crippen molar-refractivity contribution in [3.8, 4) is 5.75 Å². The molecule has 5 heteroatoms. The summed E-state index contributed by atoms with van der Waals surface area (Å²) >= 11 is 0. The van der Waals surface area contributed by atoms with Crippen LogP contribution in [-0.4, -0.2) is 33.9 Å². The lowest BCUT2D eigenvalue weighted by Crippen LogP contribution is -2.39. The Morgan fingerprint density at radius 1 is 1.47 bits per heavy atom. The number of phenolic OH excluding ortho intramolecular Hbond substituents is 1. The smallest absolute Gasteiger partial charge is 0.323 e. The fraction of sp³-hybridized carbons (Fsp3) is 0.300. The highest BCUT2D eigenvalue weighted by Crippen LogP contribution is 2.10. The SMILES string of the molecule is O=C(O)C(CO)NCc1cccc(O)c1. The lowest BCUT2D eigenvalue weighted by atomic mass is 10.2. The summed E-state index contributed by atoms with van der Waals surface area (Å²) < 4.78 is 0. The van der Waals surface area contributed by atoms with Crippen LogP contribution in [0.25, 0.3) is 0 Å². The summed E-state index contributed by atoms with van der Waals surface area (Å²) in [5, 5.41) is 29.2. The van der Waals surface area contributed by atoms with Crippen molar-refractivity contribution in [3.05, 3.63) is 29.8 Å². The van der Waals surface area contributed by atoms with Crippen LogP contribution in [-0.2, 0) is 11.3 Å². The molecule has 1 rings (SSSR count). The van der Waals surface area contributed by atoms with Crippen LogP contribution < -0.4 is 5.32 Å². The van der Waals surface area contributed by atoms with Crippen molar-refractivity contribution in [1.29, 1.82) is 0 Å². The van der Waals surface area contributed by atoms with E-state index >= 15 is 0 Å². The monoisotopic (exact) mass is 211 g/mol. The maximum absolute atomic E-state index is 10.5. The van der Waals surface area contributed by atoms with Crippen LogP contribution in [0.15, 0.2) is 24.3 Å². The van der Waals surface area contributed by atoms with Crippen molar-refractivity contribution in [3.63, 3.8) is 0 Å². The fourth-order valence-corrected chi connectivity index (χ4v) is 1.14. The molecule has 0 saturated carbocycles. The van der Waals surface area contributed by atoms with E-state index in [-0.39, 0.29) is 12.3 Å². The van der Waals surface area contributed by atoms with Crippen LogP contribution in [0, 0.1) is 0 Å². The fourth-order valence-electron chi connectivity index (χ4n) is 1.14. The molecule has 5 nitrogen and oxygen atoms in total. The van der Waals surface area contributed by atoms with Crippen LogP contribution >= 0.6 is 0 Å². The van der Waals surface area contributed by atoms with E-state index in [0.29, 0.717) is 0 Å². The lowest BCUT2D eigenvalue weighted by molar-refractivity contribution is -0.140. The molecular formula is C10H13NO4. The van der Waals surface area contributed by atoms with E-state index < -0.39 is 18.6 Å². The van der Waals surface area contributed by atoms with E-state index in [1.807, 2.05) is 0 Å². The van der Waals surface area contributed by atoms with Gasteiger partial charge in [0, 0.05) is 6.54 Å². The van der Waals surface area contributed by atoms with Crippen molar-refractivity contribution < 1.29 is 20.1 Å². The Kier molecular flexibility index (Phi) is 4.08. The van der Waals surface area contributed by atoms with E-state index in [1.165, 1.54) is 12.1 Å². The van der Waals surface area contributed by atoms with Crippen LogP contribution in [0.4, 0.5) is 0 Å². The molecule has 0 amide bonds. The molecule has 15 heavy (non-hydrogen) atoms. The van der Waals surface area contributed by atoms with Gasteiger partial charge in [0.05, 0.1) is 6.61 Å². The quantitative estimate of drug-likeness (QED) is 0.547. The van der Waals surface area contributed by atoms with Gasteiger partial charge in [-0.3, -0.25) is 10.1 Å². The van der Waals surface area contributed by atoms with Crippen LogP contribution in [0.3, 0.4) is 0 Å². The third-order valence-corrected chi connectivity index (χ3v) is 1.94. The summed E-state index contributed by atoms with van der Waals surface area (Å²) in [4.78, 5) is 10.5. The molecule has 0 saturated heterocycles. The molecule has 0 aromatic heterocycles. The zero-order chi connectivity index (χ0) is 11.3. The summed E-state index contributed by atoms with van der Waals surface area (Å²) in [5.41, 5.74) is 0.759. The van der Waals surface area contributed by atoms with Crippen LogP contribution in [0.1, 0.15) is 5.56 Å². The maximum atomic E-state index is 10.5. The number of rotatable bonds is 5. The minimum atomic E-state index is -1.10. The molecule has 4 N–H and O–H groups in total.